The maximum absolute atomic E-state index is 13.8. The zero-order chi connectivity index (χ0) is 22.8. The van der Waals surface area contributed by atoms with Crippen molar-refractivity contribution in [2.24, 2.45) is 0 Å². The van der Waals surface area contributed by atoms with Crippen LogP contribution in [0.1, 0.15) is 57.2 Å². The topological polar surface area (TPSA) is 75.7 Å². The fourth-order valence-electron chi connectivity index (χ4n) is 4.42. The predicted octanol–water partition coefficient (Wildman–Crippen LogP) is 3.61. The fraction of sp³-hybridized carbons (Fsp3) is 0.400. The van der Waals surface area contributed by atoms with Crippen molar-refractivity contribution in [1.82, 2.24) is 10.2 Å². The second kappa shape index (κ2) is 8.92. The van der Waals surface area contributed by atoms with Gasteiger partial charge in [0.05, 0.1) is 13.7 Å². The number of carbonyl (C=O) groups is 3. The molecule has 1 N–H and O–H groups in total. The van der Waals surface area contributed by atoms with E-state index in [0.29, 0.717) is 41.8 Å². The normalized spacial score (nSPS) is 18.4. The van der Waals surface area contributed by atoms with Crippen LogP contribution in [0.4, 0.5) is 0 Å². The minimum absolute atomic E-state index is 0.107. The molecule has 6 heteroatoms. The molecule has 6 nitrogen and oxygen atoms in total. The molecule has 2 aromatic carbocycles. The van der Waals surface area contributed by atoms with Crippen molar-refractivity contribution < 1.29 is 19.1 Å². The number of ether oxygens (including phenoxy) is 1. The maximum atomic E-state index is 13.8. The van der Waals surface area contributed by atoms with E-state index in [0.717, 1.165) is 11.1 Å². The van der Waals surface area contributed by atoms with Crippen molar-refractivity contribution in [3.63, 3.8) is 0 Å². The Labute approximate surface area is 183 Å². The lowest BCUT2D eigenvalue weighted by Gasteiger charge is -2.42. The molecule has 0 aromatic heterocycles. The first-order valence-corrected chi connectivity index (χ1v) is 10.5. The second-order valence-electron chi connectivity index (χ2n) is 8.42. The summed E-state index contributed by atoms with van der Waals surface area (Å²) in [5.74, 6) is -0.0147. The molecular formula is C25H30N2O4. The van der Waals surface area contributed by atoms with Crippen molar-refractivity contribution in [3.8, 4) is 5.75 Å². The van der Waals surface area contributed by atoms with E-state index in [2.05, 4.69) is 5.32 Å². The Balaban J connectivity index is 2.03. The molecule has 1 aliphatic heterocycles. The maximum Gasteiger partial charge on any atom is 0.252 e. The molecular weight excluding hydrogens is 392 g/mol. The highest BCUT2D eigenvalue weighted by molar-refractivity contribution is 6.08. The molecule has 1 aliphatic rings. The van der Waals surface area contributed by atoms with Gasteiger partial charge in [-0.3, -0.25) is 14.4 Å². The Morgan fingerprint density at radius 2 is 1.74 bits per heavy atom. The number of nitrogens with zero attached hydrogens (tertiary/aromatic N) is 1. The highest BCUT2D eigenvalue weighted by Crippen LogP contribution is 2.28. The van der Waals surface area contributed by atoms with Crippen molar-refractivity contribution >= 4 is 17.6 Å². The first-order valence-electron chi connectivity index (χ1n) is 10.5. The third-order valence-corrected chi connectivity index (χ3v) is 5.96. The van der Waals surface area contributed by atoms with Gasteiger partial charge in [-0.25, -0.2) is 0 Å². The zero-order valence-electron chi connectivity index (χ0n) is 18.9. The van der Waals surface area contributed by atoms with E-state index in [1.807, 2.05) is 39.0 Å². The summed E-state index contributed by atoms with van der Waals surface area (Å²) >= 11 is 0. The Morgan fingerprint density at radius 3 is 2.35 bits per heavy atom. The third kappa shape index (κ3) is 4.63. The summed E-state index contributed by atoms with van der Waals surface area (Å²) in [4.78, 5) is 40.9. The number of amides is 2. The van der Waals surface area contributed by atoms with E-state index < -0.39 is 5.54 Å². The number of likely N-dealkylation sites (tertiary alicyclic amines) is 1. The molecule has 0 aliphatic carbocycles. The van der Waals surface area contributed by atoms with Crippen LogP contribution in [0.5, 0.6) is 5.75 Å². The number of benzene rings is 2. The Kier molecular flexibility index (Phi) is 6.48. The van der Waals surface area contributed by atoms with Crippen LogP contribution in [0.25, 0.3) is 0 Å². The molecule has 1 fully saturated rings. The quantitative estimate of drug-likeness (QED) is 0.747. The lowest BCUT2D eigenvalue weighted by Crippen LogP contribution is -2.64. The van der Waals surface area contributed by atoms with E-state index in [-0.39, 0.29) is 24.1 Å². The van der Waals surface area contributed by atoms with Crippen LogP contribution in [0.3, 0.4) is 0 Å². The summed E-state index contributed by atoms with van der Waals surface area (Å²) in [6, 6.07) is 10.9. The van der Waals surface area contributed by atoms with Gasteiger partial charge in [0.25, 0.3) is 5.91 Å². The highest BCUT2D eigenvalue weighted by atomic mass is 16.5. The smallest absolute Gasteiger partial charge is 0.252 e. The molecule has 0 spiro atoms. The summed E-state index contributed by atoms with van der Waals surface area (Å²) in [5.41, 5.74) is 2.48. The molecule has 1 atom stereocenters. The molecule has 0 saturated carbocycles. The highest BCUT2D eigenvalue weighted by Gasteiger charge is 2.44. The van der Waals surface area contributed by atoms with Crippen molar-refractivity contribution in [2.75, 3.05) is 20.2 Å². The molecule has 164 valence electrons. The molecule has 2 amide bonds. The number of hydrogen-bond acceptors (Lipinski definition) is 4. The Morgan fingerprint density at radius 1 is 1.06 bits per heavy atom. The number of nitrogens with one attached hydrogen (secondary N) is 1. The van der Waals surface area contributed by atoms with Gasteiger partial charge in [-0.1, -0.05) is 23.3 Å². The van der Waals surface area contributed by atoms with Crippen molar-refractivity contribution in [1.29, 1.82) is 0 Å². The van der Waals surface area contributed by atoms with Gasteiger partial charge in [-0.15, -0.1) is 0 Å². The van der Waals surface area contributed by atoms with Crippen molar-refractivity contribution in [2.45, 2.75) is 46.1 Å². The summed E-state index contributed by atoms with van der Waals surface area (Å²) in [6.07, 6.45) is 1.10. The standard InChI is InChI=1S/C25H30N2O4/c1-16-12-17(2)14-20(13-16)23(29)25(10-7-11-27(15-25)19(4)28)26-24(30)21-8-6-9-22(31-5)18(21)3/h6,8-9,12-14H,7,10-11,15H2,1-5H3,(H,26,30). The van der Waals surface area contributed by atoms with Gasteiger partial charge in [-0.05, 0) is 57.9 Å². The van der Waals surface area contributed by atoms with Crippen LogP contribution in [0.15, 0.2) is 36.4 Å². The van der Waals surface area contributed by atoms with Crippen molar-refractivity contribution in [3.05, 3.63) is 64.2 Å². The van der Waals surface area contributed by atoms with Crippen LogP contribution >= 0.6 is 0 Å². The Bertz CT molecular complexity index is 1010. The van der Waals surface area contributed by atoms with Crippen LogP contribution in [0.2, 0.25) is 0 Å². The minimum atomic E-state index is -1.18. The zero-order valence-corrected chi connectivity index (χ0v) is 18.9. The van der Waals surface area contributed by atoms with Gasteiger partial charge < -0.3 is 15.0 Å². The first kappa shape index (κ1) is 22.5. The second-order valence-corrected chi connectivity index (χ2v) is 8.42. The molecule has 3 rings (SSSR count). The number of rotatable bonds is 5. The molecule has 0 radical (unpaired) electrons. The van der Waals surface area contributed by atoms with Crippen LogP contribution in [-0.4, -0.2) is 48.2 Å². The van der Waals surface area contributed by atoms with Gasteiger partial charge >= 0.3 is 0 Å². The molecule has 0 bridgehead atoms. The molecule has 1 saturated heterocycles. The van der Waals surface area contributed by atoms with E-state index >= 15 is 0 Å². The van der Waals surface area contributed by atoms with Gasteiger partial charge in [-0.2, -0.15) is 0 Å². The summed E-state index contributed by atoms with van der Waals surface area (Å²) in [5, 5.41) is 3.02. The van der Waals surface area contributed by atoms with Gasteiger partial charge in [0.2, 0.25) is 5.91 Å². The number of methoxy groups -OCH3 is 1. The number of piperidine rings is 1. The van der Waals surface area contributed by atoms with Gasteiger partial charge in [0.1, 0.15) is 11.3 Å². The SMILES string of the molecule is COc1cccc(C(=O)NC2(C(=O)c3cc(C)cc(C)c3)CCCN(C(C)=O)C2)c1C. The largest absolute Gasteiger partial charge is 0.496 e. The number of aryl methyl sites for hydroxylation is 2. The summed E-state index contributed by atoms with van der Waals surface area (Å²) in [7, 11) is 1.56. The first-order chi connectivity index (χ1) is 14.7. The van der Waals surface area contributed by atoms with Crippen LogP contribution in [-0.2, 0) is 4.79 Å². The number of ketones is 1. The van der Waals surface area contributed by atoms with Crippen LogP contribution < -0.4 is 10.1 Å². The number of hydrogen-bond donors (Lipinski definition) is 1. The average Bonchev–Trinajstić information content (AvgIpc) is 2.72. The lowest BCUT2D eigenvalue weighted by atomic mass is 9.80. The average molecular weight is 423 g/mol. The minimum Gasteiger partial charge on any atom is -0.496 e. The number of carbonyl (C=O) groups excluding carboxylic acids is 3. The molecule has 31 heavy (non-hydrogen) atoms. The molecule has 2 aromatic rings. The number of Topliss-reactive ketones (excluding diaryl/α,β-unsaturated/α-hetero) is 1. The Hall–Kier alpha value is -3.15. The van der Waals surface area contributed by atoms with E-state index in [1.165, 1.54) is 6.92 Å². The summed E-state index contributed by atoms with van der Waals surface area (Å²) < 4.78 is 5.34. The fourth-order valence-corrected chi connectivity index (χ4v) is 4.42. The lowest BCUT2D eigenvalue weighted by molar-refractivity contribution is -0.130. The third-order valence-electron chi connectivity index (χ3n) is 5.96. The molecule has 1 heterocycles. The summed E-state index contributed by atoms with van der Waals surface area (Å²) in [6.45, 7) is 7.92. The monoisotopic (exact) mass is 422 g/mol. The van der Waals surface area contributed by atoms with Gasteiger partial charge in [0, 0.05) is 30.2 Å². The van der Waals surface area contributed by atoms with E-state index in [1.54, 1.807) is 30.2 Å². The van der Waals surface area contributed by atoms with E-state index in [9.17, 15) is 14.4 Å². The van der Waals surface area contributed by atoms with Gasteiger partial charge in [0.15, 0.2) is 5.78 Å². The predicted molar refractivity (Wildman–Crippen MR) is 120 cm³/mol. The van der Waals surface area contributed by atoms with E-state index in [4.69, 9.17) is 4.74 Å². The van der Waals surface area contributed by atoms with Crippen LogP contribution in [0, 0.1) is 20.8 Å². The molecule has 1 unspecified atom stereocenters.